The summed E-state index contributed by atoms with van der Waals surface area (Å²) in [5.74, 6) is 0.986. The minimum atomic E-state index is 0.324. The van der Waals surface area contributed by atoms with Gasteiger partial charge in [-0.3, -0.25) is 4.90 Å². The number of hydrogen-bond donors (Lipinski definition) is 1. The number of nitrogens with zero attached hydrogens (tertiary/aromatic N) is 2. The minimum absolute atomic E-state index is 0.324. The van der Waals surface area contributed by atoms with Gasteiger partial charge in [-0.25, -0.2) is 0 Å². The second-order valence-electron chi connectivity index (χ2n) is 6.53. The quantitative estimate of drug-likeness (QED) is 0.908. The maximum absolute atomic E-state index is 6.08. The number of rotatable bonds is 5. The lowest BCUT2D eigenvalue weighted by Crippen LogP contribution is -2.49. The highest BCUT2D eigenvalue weighted by molar-refractivity contribution is 6.30. The molecule has 1 aliphatic heterocycles. The van der Waals surface area contributed by atoms with Crippen LogP contribution < -0.4 is 5.73 Å². The van der Waals surface area contributed by atoms with Gasteiger partial charge in [0.1, 0.15) is 0 Å². The fourth-order valence-corrected chi connectivity index (χ4v) is 3.64. The van der Waals surface area contributed by atoms with Gasteiger partial charge < -0.3 is 10.6 Å². The zero-order valence-electron chi connectivity index (χ0n) is 12.9. The van der Waals surface area contributed by atoms with E-state index in [2.05, 4.69) is 22.8 Å². The molecule has 1 saturated heterocycles. The van der Waals surface area contributed by atoms with Gasteiger partial charge in [0.25, 0.3) is 0 Å². The Labute approximate surface area is 133 Å². The predicted octanol–water partition coefficient (Wildman–Crippen LogP) is 2.68. The van der Waals surface area contributed by atoms with E-state index < -0.39 is 0 Å². The number of hydrogen-bond acceptors (Lipinski definition) is 3. The van der Waals surface area contributed by atoms with Crippen molar-refractivity contribution in [3.8, 4) is 0 Å². The first-order chi connectivity index (χ1) is 10.2. The molecule has 1 saturated carbocycles. The topological polar surface area (TPSA) is 32.5 Å². The molecule has 21 heavy (non-hydrogen) atoms. The van der Waals surface area contributed by atoms with Gasteiger partial charge in [0.2, 0.25) is 0 Å². The molecular formula is C17H26ClN3. The van der Waals surface area contributed by atoms with E-state index in [0.29, 0.717) is 12.6 Å². The molecule has 0 amide bonds. The van der Waals surface area contributed by atoms with E-state index in [0.717, 1.165) is 24.0 Å². The summed E-state index contributed by atoms with van der Waals surface area (Å²) >= 11 is 6.07. The van der Waals surface area contributed by atoms with Crippen molar-refractivity contribution in [2.75, 3.05) is 39.3 Å². The van der Waals surface area contributed by atoms with Crippen molar-refractivity contribution in [1.29, 1.82) is 0 Å². The molecule has 1 aromatic rings. The first kappa shape index (κ1) is 15.3. The third-order valence-electron chi connectivity index (χ3n) is 4.88. The third-order valence-corrected chi connectivity index (χ3v) is 5.11. The maximum Gasteiger partial charge on any atom is 0.0474 e. The highest BCUT2D eigenvalue weighted by Crippen LogP contribution is 2.31. The zero-order valence-corrected chi connectivity index (χ0v) is 13.6. The molecule has 2 N–H and O–H groups in total. The van der Waals surface area contributed by atoms with Crippen LogP contribution in [0.25, 0.3) is 0 Å². The van der Waals surface area contributed by atoms with Gasteiger partial charge in [-0.1, -0.05) is 17.7 Å². The molecule has 0 aromatic heterocycles. The number of nitrogens with two attached hydrogens (primary N) is 1. The fraction of sp³-hybridized carbons (Fsp3) is 0.647. The summed E-state index contributed by atoms with van der Waals surface area (Å²) in [6.45, 7) is 8.71. The first-order valence-corrected chi connectivity index (χ1v) is 8.47. The fourth-order valence-electron chi connectivity index (χ4n) is 3.41. The van der Waals surface area contributed by atoms with Crippen molar-refractivity contribution < 1.29 is 0 Å². The largest absolute Gasteiger partial charge is 0.329 e. The smallest absolute Gasteiger partial charge is 0.0474 e. The molecule has 4 heteroatoms. The van der Waals surface area contributed by atoms with Gasteiger partial charge in [0, 0.05) is 50.3 Å². The van der Waals surface area contributed by atoms with E-state index in [9.17, 15) is 0 Å². The Morgan fingerprint density at radius 2 is 1.95 bits per heavy atom. The second-order valence-corrected chi connectivity index (χ2v) is 6.97. The molecule has 1 unspecified atom stereocenters. The molecule has 2 aliphatic rings. The van der Waals surface area contributed by atoms with E-state index in [1.54, 1.807) is 0 Å². The van der Waals surface area contributed by atoms with E-state index in [4.69, 9.17) is 17.3 Å². The van der Waals surface area contributed by atoms with Gasteiger partial charge in [0.05, 0.1) is 0 Å². The molecule has 1 heterocycles. The Morgan fingerprint density at radius 3 is 2.52 bits per heavy atom. The summed E-state index contributed by atoms with van der Waals surface area (Å²) < 4.78 is 0. The number of halogens is 1. The van der Waals surface area contributed by atoms with Crippen molar-refractivity contribution >= 4 is 11.6 Å². The lowest BCUT2D eigenvalue weighted by molar-refractivity contribution is 0.0953. The van der Waals surface area contributed by atoms with E-state index in [1.807, 2.05) is 12.1 Å². The summed E-state index contributed by atoms with van der Waals surface area (Å²) in [4.78, 5) is 5.16. The molecule has 1 aliphatic carbocycles. The van der Waals surface area contributed by atoms with Crippen LogP contribution in [0.3, 0.4) is 0 Å². The van der Waals surface area contributed by atoms with Crippen molar-refractivity contribution in [1.82, 2.24) is 9.80 Å². The van der Waals surface area contributed by atoms with Crippen LogP contribution in [0.1, 0.15) is 30.0 Å². The number of piperazine rings is 1. The van der Waals surface area contributed by atoms with Crippen LogP contribution in [0.15, 0.2) is 18.2 Å². The molecule has 0 bridgehead atoms. The van der Waals surface area contributed by atoms with E-state index >= 15 is 0 Å². The first-order valence-electron chi connectivity index (χ1n) is 8.10. The normalized spacial score (nSPS) is 22.4. The van der Waals surface area contributed by atoms with Crippen LogP contribution in [0, 0.1) is 12.8 Å². The van der Waals surface area contributed by atoms with E-state index in [-0.39, 0.29) is 0 Å². The lowest BCUT2D eigenvalue weighted by atomic mass is 9.99. The summed E-state index contributed by atoms with van der Waals surface area (Å²) in [7, 11) is 0. The van der Waals surface area contributed by atoms with Gasteiger partial charge in [0.15, 0.2) is 0 Å². The van der Waals surface area contributed by atoms with Crippen LogP contribution in [-0.4, -0.2) is 49.1 Å². The van der Waals surface area contributed by atoms with Crippen LogP contribution in [-0.2, 0) is 0 Å². The molecule has 0 radical (unpaired) electrons. The minimum Gasteiger partial charge on any atom is -0.329 e. The number of benzene rings is 1. The van der Waals surface area contributed by atoms with Gasteiger partial charge in [-0.2, -0.15) is 0 Å². The molecule has 2 fully saturated rings. The Bertz CT molecular complexity index is 479. The molecule has 0 spiro atoms. The van der Waals surface area contributed by atoms with Crippen LogP contribution >= 0.6 is 11.6 Å². The summed E-state index contributed by atoms with van der Waals surface area (Å²) in [6.07, 6.45) is 2.88. The van der Waals surface area contributed by atoms with Gasteiger partial charge in [-0.15, -0.1) is 0 Å². The zero-order chi connectivity index (χ0) is 14.8. The number of aryl methyl sites for hydroxylation is 1. The van der Waals surface area contributed by atoms with Gasteiger partial charge >= 0.3 is 0 Å². The molecule has 3 rings (SSSR count). The summed E-state index contributed by atoms with van der Waals surface area (Å²) in [5.41, 5.74) is 8.66. The summed E-state index contributed by atoms with van der Waals surface area (Å²) in [6, 6.07) is 6.50. The van der Waals surface area contributed by atoms with E-state index in [1.165, 1.54) is 43.6 Å². The standard InChI is InChI=1S/C17H26ClN3/c1-13-10-15(18)4-5-16(13)17(11-19)21-8-6-20(7-9-21)12-14-2-3-14/h4-5,10,14,17H,2-3,6-9,11-12,19H2,1H3. The van der Waals surface area contributed by atoms with Crippen LogP contribution in [0.4, 0.5) is 0 Å². The van der Waals surface area contributed by atoms with Crippen molar-refractivity contribution in [2.24, 2.45) is 11.7 Å². The molecule has 1 atom stereocenters. The highest BCUT2D eigenvalue weighted by atomic mass is 35.5. The van der Waals surface area contributed by atoms with Crippen LogP contribution in [0.5, 0.6) is 0 Å². The average molecular weight is 308 g/mol. The van der Waals surface area contributed by atoms with Gasteiger partial charge in [-0.05, 0) is 48.9 Å². The maximum atomic E-state index is 6.08. The Kier molecular flexibility index (Phi) is 4.85. The Hall–Kier alpha value is -0.610. The third kappa shape index (κ3) is 3.78. The van der Waals surface area contributed by atoms with Crippen LogP contribution in [0.2, 0.25) is 5.02 Å². The second kappa shape index (κ2) is 6.66. The van der Waals surface area contributed by atoms with Crippen molar-refractivity contribution in [3.63, 3.8) is 0 Å². The molecule has 3 nitrogen and oxygen atoms in total. The predicted molar refractivity (Wildman–Crippen MR) is 88.7 cm³/mol. The Morgan fingerprint density at radius 1 is 1.24 bits per heavy atom. The molecule has 116 valence electrons. The van der Waals surface area contributed by atoms with Crippen molar-refractivity contribution in [3.05, 3.63) is 34.3 Å². The lowest BCUT2D eigenvalue weighted by Gasteiger charge is -2.39. The Balaban J connectivity index is 1.63. The average Bonchev–Trinajstić information content (AvgIpc) is 3.27. The monoisotopic (exact) mass is 307 g/mol. The SMILES string of the molecule is Cc1cc(Cl)ccc1C(CN)N1CCN(CC2CC2)CC1. The highest BCUT2D eigenvalue weighted by Gasteiger charge is 2.29. The summed E-state index contributed by atoms with van der Waals surface area (Å²) in [5, 5.41) is 0.807. The molecular weight excluding hydrogens is 282 g/mol. The van der Waals surface area contributed by atoms with Crippen molar-refractivity contribution in [2.45, 2.75) is 25.8 Å². The molecule has 1 aromatic carbocycles.